The van der Waals surface area contributed by atoms with Gasteiger partial charge in [-0.25, -0.2) is 0 Å². The van der Waals surface area contributed by atoms with Crippen molar-refractivity contribution in [2.45, 2.75) is 37.1 Å². The van der Waals surface area contributed by atoms with Crippen molar-refractivity contribution in [3.63, 3.8) is 0 Å². The van der Waals surface area contributed by atoms with Crippen LogP contribution in [0.25, 0.3) is 0 Å². The number of likely N-dealkylation sites (tertiary alicyclic amines) is 1. The highest BCUT2D eigenvalue weighted by Crippen LogP contribution is 2.17. The molecule has 1 aromatic heterocycles. The first-order valence-electron chi connectivity index (χ1n) is 8.56. The number of amides is 1. The van der Waals surface area contributed by atoms with E-state index in [4.69, 9.17) is 4.74 Å². The maximum absolute atomic E-state index is 12.0. The van der Waals surface area contributed by atoms with Gasteiger partial charge in [0.2, 0.25) is 0 Å². The average molecular weight is 334 g/mol. The molecule has 7 heteroatoms. The molecule has 3 atom stereocenters. The fourth-order valence-electron chi connectivity index (χ4n) is 3.29. The highest BCUT2D eigenvalue weighted by atomic mass is 16.5. The fraction of sp³-hybridized carbons (Fsp3) is 0.647. The number of ether oxygens (including phenoxy) is 1. The molecule has 3 heterocycles. The molecule has 3 unspecified atom stereocenters. The highest BCUT2D eigenvalue weighted by molar-refractivity contribution is 5.93. The first-order valence-corrected chi connectivity index (χ1v) is 8.56. The molecule has 3 N–H and O–H groups in total. The lowest BCUT2D eigenvalue weighted by Gasteiger charge is -2.32. The van der Waals surface area contributed by atoms with Crippen LogP contribution in [0.1, 0.15) is 23.2 Å². The van der Waals surface area contributed by atoms with Gasteiger partial charge in [-0.3, -0.25) is 9.78 Å². The summed E-state index contributed by atoms with van der Waals surface area (Å²) < 4.78 is 5.68. The minimum absolute atomic E-state index is 0.0683. The summed E-state index contributed by atoms with van der Waals surface area (Å²) in [5.41, 5.74) is 0.554. The number of carbonyl (C=O) groups is 1. The van der Waals surface area contributed by atoms with Gasteiger partial charge in [-0.15, -0.1) is 0 Å². The second kappa shape index (κ2) is 8.02. The zero-order chi connectivity index (χ0) is 16.9. The third kappa shape index (κ3) is 4.30. The molecular formula is C17H26N4O3. The molecule has 3 rings (SSSR count). The van der Waals surface area contributed by atoms with Crippen molar-refractivity contribution in [3.8, 4) is 0 Å². The van der Waals surface area contributed by atoms with Gasteiger partial charge < -0.3 is 25.4 Å². The summed E-state index contributed by atoms with van der Waals surface area (Å²) in [5.74, 6) is -0.181. The molecule has 7 nitrogen and oxygen atoms in total. The van der Waals surface area contributed by atoms with Crippen molar-refractivity contribution in [2.24, 2.45) is 0 Å². The normalized spacial score (nSPS) is 28.8. The Morgan fingerprint density at radius 1 is 1.38 bits per heavy atom. The van der Waals surface area contributed by atoms with Gasteiger partial charge in [-0.2, -0.15) is 0 Å². The van der Waals surface area contributed by atoms with E-state index in [9.17, 15) is 9.90 Å². The van der Waals surface area contributed by atoms with E-state index in [2.05, 4.69) is 27.6 Å². The van der Waals surface area contributed by atoms with Crippen molar-refractivity contribution in [2.75, 3.05) is 33.3 Å². The second-order valence-corrected chi connectivity index (χ2v) is 6.66. The van der Waals surface area contributed by atoms with E-state index in [0.717, 1.165) is 25.9 Å². The van der Waals surface area contributed by atoms with Crippen LogP contribution in [0.5, 0.6) is 0 Å². The fourth-order valence-corrected chi connectivity index (χ4v) is 3.29. The SMILES string of the molecule is CN1CCC(NC2COC(CNC(=O)c3ccncc3)C2O)CC1. The predicted octanol–water partition coefficient (Wildman–Crippen LogP) is -0.376. The number of aliphatic hydroxyl groups is 1. The van der Waals surface area contributed by atoms with Gasteiger partial charge in [0.1, 0.15) is 6.10 Å². The van der Waals surface area contributed by atoms with E-state index in [0.29, 0.717) is 24.8 Å². The van der Waals surface area contributed by atoms with E-state index in [1.54, 1.807) is 24.5 Å². The van der Waals surface area contributed by atoms with Crippen LogP contribution in [0.3, 0.4) is 0 Å². The van der Waals surface area contributed by atoms with Crippen molar-refractivity contribution in [3.05, 3.63) is 30.1 Å². The third-order valence-corrected chi connectivity index (χ3v) is 4.86. The van der Waals surface area contributed by atoms with Crippen molar-refractivity contribution < 1.29 is 14.6 Å². The minimum atomic E-state index is -0.609. The maximum atomic E-state index is 12.0. The van der Waals surface area contributed by atoms with E-state index in [-0.39, 0.29) is 18.1 Å². The lowest BCUT2D eigenvalue weighted by molar-refractivity contribution is 0.0393. The van der Waals surface area contributed by atoms with Gasteiger partial charge in [0, 0.05) is 30.5 Å². The van der Waals surface area contributed by atoms with Gasteiger partial charge in [0.05, 0.1) is 18.8 Å². The number of hydrogen-bond donors (Lipinski definition) is 3. The molecule has 0 aromatic carbocycles. The number of hydrogen-bond acceptors (Lipinski definition) is 6. The van der Waals surface area contributed by atoms with Crippen LogP contribution in [0, 0.1) is 0 Å². The van der Waals surface area contributed by atoms with Crippen LogP contribution in [-0.2, 0) is 4.74 Å². The molecule has 132 valence electrons. The number of aliphatic hydroxyl groups excluding tert-OH is 1. The maximum Gasteiger partial charge on any atom is 0.251 e. The Morgan fingerprint density at radius 3 is 2.79 bits per heavy atom. The zero-order valence-corrected chi connectivity index (χ0v) is 14.0. The smallest absolute Gasteiger partial charge is 0.251 e. The molecule has 2 aliphatic heterocycles. The van der Waals surface area contributed by atoms with Gasteiger partial charge in [-0.05, 0) is 45.1 Å². The summed E-state index contributed by atoms with van der Waals surface area (Å²) in [6.07, 6.45) is 4.35. The van der Waals surface area contributed by atoms with Crippen molar-refractivity contribution in [1.82, 2.24) is 20.5 Å². The summed E-state index contributed by atoms with van der Waals surface area (Å²) in [5, 5.41) is 16.8. The lowest BCUT2D eigenvalue weighted by atomic mass is 10.0. The van der Waals surface area contributed by atoms with Crippen LogP contribution >= 0.6 is 0 Å². The molecule has 0 aliphatic carbocycles. The Hall–Kier alpha value is -1.54. The average Bonchev–Trinajstić information content (AvgIpc) is 2.95. The Kier molecular flexibility index (Phi) is 5.78. The van der Waals surface area contributed by atoms with Crippen LogP contribution in [-0.4, -0.2) is 78.5 Å². The number of nitrogens with one attached hydrogen (secondary N) is 2. The monoisotopic (exact) mass is 334 g/mol. The van der Waals surface area contributed by atoms with Gasteiger partial charge in [-0.1, -0.05) is 0 Å². The van der Waals surface area contributed by atoms with E-state index < -0.39 is 6.10 Å². The van der Waals surface area contributed by atoms with Gasteiger partial charge in [0.25, 0.3) is 5.91 Å². The summed E-state index contributed by atoms with van der Waals surface area (Å²) in [6, 6.07) is 3.67. The first-order chi connectivity index (χ1) is 11.6. The summed E-state index contributed by atoms with van der Waals surface area (Å²) >= 11 is 0. The summed E-state index contributed by atoms with van der Waals surface area (Å²) in [6.45, 7) is 2.93. The van der Waals surface area contributed by atoms with Crippen LogP contribution in [0.2, 0.25) is 0 Å². The van der Waals surface area contributed by atoms with Crippen LogP contribution in [0.15, 0.2) is 24.5 Å². The molecule has 2 fully saturated rings. The topological polar surface area (TPSA) is 86.7 Å². The van der Waals surface area contributed by atoms with Crippen LogP contribution < -0.4 is 10.6 Å². The number of piperidine rings is 1. The second-order valence-electron chi connectivity index (χ2n) is 6.66. The largest absolute Gasteiger partial charge is 0.389 e. The quantitative estimate of drug-likeness (QED) is 0.681. The van der Waals surface area contributed by atoms with Gasteiger partial charge >= 0.3 is 0 Å². The van der Waals surface area contributed by atoms with Gasteiger partial charge in [0.15, 0.2) is 0 Å². The summed E-state index contributed by atoms with van der Waals surface area (Å²) in [7, 11) is 2.13. The number of aromatic nitrogens is 1. The molecule has 0 spiro atoms. The summed E-state index contributed by atoms with van der Waals surface area (Å²) in [4.78, 5) is 18.2. The molecule has 0 radical (unpaired) electrons. The number of rotatable bonds is 5. The Labute approximate surface area is 142 Å². The Balaban J connectivity index is 1.44. The molecule has 1 aromatic rings. The lowest BCUT2D eigenvalue weighted by Crippen LogP contribution is -2.51. The molecular weight excluding hydrogens is 308 g/mol. The number of pyridine rings is 1. The van der Waals surface area contributed by atoms with Crippen LogP contribution in [0.4, 0.5) is 0 Å². The molecule has 0 bridgehead atoms. The Bertz CT molecular complexity index is 534. The molecule has 0 saturated carbocycles. The standard InChI is InChI=1S/C17H26N4O3/c1-21-8-4-13(5-9-21)20-14-11-24-15(16(14)22)10-19-17(23)12-2-6-18-7-3-12/h2-3,6-7,13-16,20,22H,4-5,8-11H2,1H3,(H,19,23). The predicted molar refractivity (Wildman–Crippen MR) is 89.8 cm³/mol. The molecule has 1 amide bonds. The molecule has 2 saturated heterocycles. The zero-order valence-electron chi connectivity index (χ0n) is 14.0. The minimum Gasteiger partial charge on any atom is -0.389 e. The van der Waals surface area contributed by atoms with E-state index >= 15 is 0 Å². The third-order valence-electron chi connectivity index (χ3n) is 4.86. The number of nitrogens with zero attached hydrogens (tertiary/aromatic N) is 2. The first kappa shape index (κ1) is 17.3. The molecule has 2 aliphatic rings. The van der Waals surface area contributed by atoms with E-state index in [1.165, 1.54) is 0 Å². The Morgan fingerprint density at radius 2 is 2.08 bits per heavy atom. The van der Waals surface area contributed by atoms with Crippen molar-refractivity contribution >= 4 is 5.91 Å². The van der Waals surface area contributed by atoms with Crippen molar-refractivity contribution in [1.29, 1.82) is 0 Å². The van der Waals surface area contributed by atoms with E-state index in [1.807, 2.05) is 0 Å². The highest BCUT2D eigenvalue weighted by Gasteiger charge is 2.37. The number of carbonyl (C=O) groups excluding carboxylic acids is 1. The molecule has 24 heavy (non-hydrogen) atoms.